The SMILES string of the molecule is O=C(O)/C=C\C(=O)OCCOCCO. The summed E-state index contributed by atoms with van der Waals surface area (Å²) in [5.74, 6) is -1.95. The Labute approximate surface area is 80.7 Å². The molecule has 0 aromatic heterocycles. The number of esters is 1. The Morgan fingerprint density at radius 2 is 1.86 bits per heavy atom. The first kappa shape index (κ1) is 12.6. The molecule has 14 heavy (non-hydrogen) atoms. The minimum absolute atomic E-state index is 0.0305. The van der Waals surface area contributed by atoms with Crippen molar-refractivity contribution in [3.05, 3.63) is 12.2 Å². The second-order valence-electron chi connectivity index (χ2n) is 2.18. The zero-order valence-corrected chi connectivity index (χ0v) is 7.51. The first-order valence-electron chi connectivity index (χ1n) is 3.93. The third-order valence-corrected chi connectivity index (χ3v) is 1.07. The molecule has 0 aliphatic rings. The molecule has 0 aliphatic carbocycles. The van der Waals surface area contributed by atoms with Gasteiger partial charge in [-0.3, -0.25) is 0 Å². The summed E-state index contributed by atoms with van der Waals surface area (Å²) in [6, 6.07) is 0. The van der Waals surface area contributed by atoms with Crippen LogP contribution >= 0.6 is 0 Å². The van der Waals surface area contributed by atoms with Crippen LogP contribution in [0.2, 0.25) is 0 Å². The lowest BCUT2D eigenvalue weighted by Crippen LogP contribution is -2.10. The van der Waals surface area contributed by atoms with E-state index in [1.165, 1.54) is 0 Å². The average Bonchev–Trinajstić information content (AvgIpc) is 2.14. The van der Waals surface area contributed by atoms with Crippen molar-refractivity contribution in [3.63, 3.8) is 0 Å². The van der Waals surface area contributed by atoms with E-state index in [-0.39, 0.29) is 26.4 Å². The van der Waals surface area contributed by atoms with Crippen molar-refractivity contribution in [2.24, 2.45) is 0 Å². The molecule has 0 heterocycles. The second kappa shape index (κ2) is 8.21. The van der Waals surface area contributed by atoms with Gasteiger partial charge in [0.2, 0.25) is 0 Å². The molecule has 0 spiro atoms. The van der Waals surface area contributed by atoms with E-state index in [1.54, 1.807) is 0 Å². The molecule has 6 heteroatoms. The fourth-order valence-electron chi connectivity index (χ4n) is 0.555. The topological polar surface area (TPSA) is 93.1 Å². The molecule has 2 N–H and O–H groups in total. The highest BCUT2D eigenvalue weighted by atomic mass is 16.6. The van der Waals surface area contributed by atoms with Gasteiger partial charge in [-0.25, -0.2) is 9.59 Å². The number of aliphatic hydroxyl groups excluding tert-OH is 1. The van der Waals surface area contributed by atoms with Crippen LogP contribution in [0.5, 0.6) is 0 Å². The molecule has 0 unspecified atom stereocenters. The number of rotatable bonds is 7. The van der Waals surface area contributed by atoms with Crippen molar-refractivity contribution in [2.75, 3.05) is 26.4 Å². The summed E-state index contributed by atoms with van der Waals surface area (Å²) in [7, 11) is 0. The molecule has 0 rings (SSSR count). The van der Waals surface area contributed by atoms with E-state index in [1.807, 2.05) is 0 Å². The van der Waals surface area contributed by atoms with Gasteiger partial charge in [0.05, 0.1) is 19.8 Å². The van der Waals surface area contributed by atoms with E-state index >= 15 is 0 Å². The molecule has 0 aliphatic heterocycles. The van der Waals surface area contributed by atoms with Crippen molar-refractivity contribution in [1.29, 1.82) is 0 Å². The monoisotopic (exact) mass is 204 g/mol. The fraction of sp³-hybridized carbons (Fsp3) is 0.500. The van der Waals surface area contributed by atoms with Crippen LogP contribution in [0.25, 0.3) is 0 Å². The molecule has 0 saturated heterocycles. The minimum Gasteiger partial charge on any atom is -0.478 e. The first-order valence-corrected chi connectivity index (χ1v) is 3.93. The number of hydrogen-bond acceptors (Lipinski definition) is 5. The minimum atomic E-state index is -1.21. The standard InChI is InChI=1S/C8H12O6/c9-3-4-13-5-6-14-8(12)2-1-7(10)11/h1-2,9H,3-6H2,(H,10,11)/b2-1-. The number of carboxylic acid groups (broad SMARTS) is 1. The van der Waals surface area contributed by atoms with Crippen LogP contribution in [-0.2, 0) is 19.1 Å². The Hall–Kier alpha value is -1.40. The lowest BCUT2D eigenvalue weighted by atomic mass is 10.5. The van der Waals surface area contributed by atoms with E-state index < -0.39 is 11.9 Å². The number of ether oxygens (including phenoxy) is 2. The summed E-state index contributed by atoms with van der Waals surface area (Å²) in [5, 5.41) is 16.5. The van der Waals surface area contributed by atoms with Crippen LogP contribution < -0.4 is 0 Å². The third-order valence-electron chi connectivity index (χ3n) is 1.07. The first-order chi connectivity index (χ1) is 6.66. The normalized spacial score (nSPS) is 10.4. The van der Waals surface area contributed by atoms with Gasteiger partial charge in [-0.2, -0.15) is 0 Å². The van der Waals surface area contributed by atoms with E-state index in [9.17, 15) is 9.59 Å². The summed E-state index contributed by atoms with van der Waals surface area (Å²) in [4.78, 5) is 20.7. The van der Waals surface area contributed by atoms with Crippen LogP contribution in [0.4, 0.5) is 0 Å². The molecule has 0 atom stereocenters. The fourth-order valence-corrected chi connectivity index (χ4v) is 0.555. The Morgan fingerprint density at radius 1 is 1.14 bits per heavy atom. The Kier molecular flexibility index (Phi) is 7.39. The number of carbonyl (C=O) groups excluding carboxylic acids is 1. The smallest absolute Gasteiger partial charge is 0.331 e. The van der Waals surface area contributed by atoms with Crippen molar-refractivity contribution in [3.8, 4) is 0 Å². The Balaban J connectivity index is 3.40. The van der Waals surface area contributed by atoms with Crippen LogP contribution in [0.3, 0.4) is 0 Å². The van der Waals surface area contributed by atoms with Gasteiger partial charge in [0.1, 0.15) is 6.61 Å². The lowest BCUT2D eigenvalue weighted by Gasteiger charge is -2.01. The molecule has 6 nitrogen and oxygen atoms in total. The van der Waals surface area contributed by atoms with Crippen molar-refractivity contribution in [2.45, 2.75) is 0 Å². The predicted molar refractivity (Wildman–Crippen MR) is 45.6 cm³/mol. The number of carbonyl (C=O) groups is 2. The number of aliphatic hydroxyl groups is 1. The third kappa shape index (κ3) is 8.69. The number of carboxylic acids is 1. The predicted octanol–water partition coefficient (Wildman–Crippen LogP) is -0.821. The number of hydrogen-bond donors (Lipinski definition) is 2. The molecule has 0 bridgehead atoms. The largest absolute Gasteiger partial charge is 0.478 e. The molecule has 0 amide bonds. The zero-order valence-electron chi connectivity index (χ0n) is 7.51. The second-order valence-corrected chi connectivity index (χ2v) is 2.18. The van der Waals surface area contributed by atoms with Crippen LogP contribution in [0, 0.1) is 0 Å². The molecule has 80 valence electrons. The van der Waals surface area contributed by atoms with E-state index in [2.05, 4.69) is 4.74 Å². The van der Waals surface area contributed by atoms with Crippen LogP contribution in [0.1, 0.15) is 0 Å². The van der Waals surface area contributed by atoms with Gasteiger partial charge in [0, 0.05) is 12.2 Å². The molecule has 0 aromatic carbocycles. The lowest BCUT2D eigenvalue weighted by molar-refractivity contribution is -0.140. The van der Waals surface area contributed by atoms with E-state index in [0.717, 1.165) is 6.08 Å². The highest BCUT2D eigenvalue weighted by Crippen LogP contribution is 1.83. The summed E-state index contributed by atoms with van der Waals surface area (Å²) in [5.41, 5.74) is 0. The summed E-state index contributed by atoms with van der Waals surface area (Å²) < 4.78 is 9.33. The van der Waals surface area contributed by atoms with Gasteiger partial charge >= 0.3 is 11.9 Å². The van der Waals surface area contributed by atoms with E-state index in [0.29, 0.717) is 6.08 Å². The average molecular weight is 204 g/mol. The molecular formula is C8H12O6. The maximum atomic E-state index is 10.7. The van der Waals surface area contributed by atoms with Gasteiger partial charge in [-0.15, -0.1) is 0 Å². The van der Waals surface area contributed by atoms with Gasteiger partial charge in [0.25, 0.3) is 0 Å². The van der Waals surface area contributed by atoms with Crippen LogP contribution in [0.15, 0.2) is 12.2 Å². The Morgan fingerprint density at radius 3 is 2.43 bits per heavy atom. The van der Waals surface area contributed by atoms with Crippen molar-refractivity contribution >= 4 is 11.9 Å². The highest BCUT2D eigenvalue weighted by Gasteiger charge is 1.97. The van der Waals surface area contributed by atoms with Crippen molar-refractivity contribution < 1.29 is 29.3 Å². The van der Waals surface area contributed by atoms with Crippen LogP contribution in [-0.4, -0.2) is 48.6 Å². The highest BCUT2D eigenvalue weighted by molar-refractivity contribution is 5.90. The molecular weight excluding hydrogens is 192 g/mol. The summed E-state index contributed by atoms with van der Waals surface area (Å²) in [6.07, 6.45) is 1.51. The molecule has 0 radical (unpaired) electrons. The maximum absolute atomic E-state index is 10.7. The van der Waals surface area contributed by atoms with Gasteiger partial charge in [-0.1, -0.05) is 0 Å². The van der Waals surface area contributed by atoms with Gasteiger partial charge in [0.15, 0.2) is 0 Å². The zero-order chi connectivity index (χ0) is 10.8. The molecule has 0 saturated carbocycles. The summed E-state index contributed by atoms with van der Waals surface area (Å²) in [6.45, 7) is 0.297. The number of aliphatic carboxylic acids is 1. The van der Waals surface area contributed by atoms with Gasteiger partial charge in [-0.05, 0) is 0 Å². The quantitative estimate of drug-likeness (QED) is 0.319. The molecule has 0 fully saturated rings. The Bertz CT molecular complexity index is 210. The van der Waals surface area contributed by atoms with E-state index in [4.69, 9.17) is 14.9 Å². The van der Waals surface area contributed by atoms with Gasteiger partial charge < -0.3 is 19.7 Å². The summed E-state index contributed by atoms with van der Waals surface area (Å²) >= 11 is 0. The maximum Gasteiger partial charge on any atom is 0.331 e. The van der Waals surface area contributed by atoms with Crippen molar-refractivity contribution in [1.82, 2.24) is 0 Å². The molecule has 0 aromatic rings.